The van der Waals surface area contributed by atoms with E-state index in [0.717, 1.165) is 22.0 Å². The molecule has 0 fully saturated rings. The van der Waals surface area contributed by atoms with Crippen LogP contribution in [0, 0.1) is 5.82 Å². The number of nitrogens with one attached hydrogen (secondary N) is 1. The standard InChI is InChI=1S/C18H14FN5/c19-16-8-13(4-5-18(16)24-12-21-11-23-24)9-22-17-3-1-2-14-10-20-7-6-15(14)17/h1-8,10-12,22H,9H2. The van der Waals surface area contributed by atoms with E-state index in [4.69, 9.17) is 0 Å². The summed E-state index contributed by atoms with van der Waals surface area (Å²) < 4.78 is 15.7. The van der Waals surface area contributed by atoms with Gasteiger partial charge >= 0.3 is 0 Å². The lowest BCUT2D eigenvalue weighted by Crippen LogP contribution is -2.03. The van der Waals surface area contributed by atoms with Gasteiger partial charge in [-0.2, -0.15) is 5.10 Å². The van der Waals surface area contributed by atoms with Crippen molar-refractivity contribution < 1.29 is 4.39 Å². The van der Waals surface area contributed by atoms with Crippen LogP contribution in [0.4, 0.5) is 10.1 Å². The maximum Gasteiger partial charge on any atom is 0.149 e. The molecule has 4 aromatic rings. The van der Waals surface area contributed by atoms with Crippen molar-refractivity contribution >= 4 is 16.5 Å². The Bertz CT molecular complexity index is 977. The highest BCUT2D eigenvalue weighted by atomic mass is 19.1. The van der Waals surface area contributed by atoms with Crippen molar-refractivity contribution in [3.8, 4) is 5.69 Å². The molecule has 6 heteroatoms. The number of hydrogen-bond acceptors (Lipinski definition) is 4. The number of anilines is 1. The Kier molecular flexibility index (Phi) is 3.63. The molecule has 1 N–H and O–H groups in total. The van der Waals surface area contributed by atoms with Crippen LogP contribution in [0.5, 0.6) is 0 Å². The molecule has 2 aromatic heterocycles. The summed E-state index contributed by atoms with van der Waals surface area (Å²) in [5.41, 5.74) is 2.23. The average molecular weight is 319 g/mol. The largest absolute Gasteiger partial charge is 0.380 e. The van der Waals surface area contributed by atoms with E-state index in [-0.39, 0.29) is 5.82 Å². The molecular weight excluding hydrogens is 305 g/mol. The molecule has 0 bridgehead atoms. The third-order valence-corrected chi connectivity index (χ3v) is 3.84. The second kappa shape index (κ2) is 6.08. The number of aromatic nitrogens is 4. The summed E-state index contributed by atoms with van der Waals surface area (Å²) in [5, 5.41) is 9.46. The van der Waals surface area contributed by atoms with Crippen LogP contribution < -0.4 is 5.32 Å². The van der Waals surface area contributed by atoms with Gasteiger partial charge in [0.05, 0.1) is 0 Å². The zero-order chi connectivity index (χ0) is 16.4. The first-order valence-electron chi connectivity index (χ1n) is 7.51. The maximum absolute atomic E-state index is 14.3. The van der Waals surface area contributed by atoms with Gasteiger partial charge in [0.15, 0.2) is 0 Å². The van der Waals surface area contributed by atoms with Crippen LogP contribution >= 0.6 is 0 Å². The van der Waals surface area contributed by atoms with Crippen molar-refractivity contribution in [2.75, 3.05) is 5.32 Å². The molecule has 2 heterocycles. The van der Waals surface area contributed by atoms with E-state index in [1.807, 2.05) is 36.5 Å². The molecule has 2 aromatic carbocycles. The molecule has 0 aliphatic rings. The lowest BCUT2D eigenvalue weighted by molar-refractivity contribution is 0.608. The molecular formula is C18H14FN5. The van der Waals surface area contributed by atoms with E-state index in [1.54, 1.807) is 12.3 Å². The Hall–Kier alpha value is -3.28. The van der Waals surface area contributed by atoms with E-state index >= 15 is 0 Å². The Morgan fingerprint density at radius 3 is 2.88 bits per heavy atom. The number of rotatable bonds is 4. The zero-order valence-corrected chi connectivity index (χ0v) is 12.7. The highest BCUT2D eigenvalue weighted by Crippen LogP contribution is 2.23. The Morgan fingerprint density at radius 1 is 1.08 bits per heavy atom. The van der Waals surface area contributed by atoms with Crippen LogP contribution in [-0.4, -0.2) is 19.7 Å². The third-order valence-electron chi connectivity index (χ3n) is 3.84. The summed E-state index contributed by atoms with van der Waals surface area (Å²) in [5.74, 6) is -0.332. The fraction of sp³-hybridized carbons (Fsp3) is 0.0556. The number of hydrogen-bond donors (Lipinski definition) is 1. The first-order valence-corrected chi connectivity index (χ1v) is 7.51. The number of halogens is 1. The highest BCUT2D eigenvalue weighted by molar-refractivity contribution is 5.93. The second-order valence-corrected chi connectivity index (χ2v) is 5.38. The van der Waals surface area contributed by atoms with Crippen molar-refractivity contribution in [2.45, 2.75) is 6.54 Å². The van der Waals surface area contributed by atoms with Crippen LogP contribution in [0.1, 0.15) is 5.56 Å². The number of nitrogens with zero attached hydrogens (tertiary/aromatic N) is 4. The van der Waals surface area contributed by atoms with Crippen molar-refractivity contribution in [3.05, 3.63) is 78.9 Å². The molecule has 24 heavy (non-hydrogen) atoms. The molecule has 0 saturated carbocycles. The predicted molar refractivity (Wildman–Crippen MR) is 90.4 cm³/mol. The van der Waals surface area contributed by atoms with Crippen molar-refractivity contribution in [2.24, 2.45) is 0 Å². The van der Waals surface area contributed by atoms with Gasteiger partial charge in [0.25, 0.3) is 0 Å². The second-order valence-electron chi connectivity index (χ2n) is 5.38. The maximum atomic E-state index is 14.3. The minimum absolute atomic E-state index is 0.332. The molecule has 0 spiro atoms. The minimum atomic E-state index is -0.332. The SMILES string of the molecule is Fc1cc(CNc2cccc3cnccc23)ccc1-n1cncn1. The number of benzene rings is 2. The van der Waals surface area contributed by atoms with Gasteiger partial charge in [-0.25, -0.2) is 14.1 Å². The number of pyridine rings is 1. The molecule has 0 aliphatic heterocycles. The van der Waals surface area contributed by atoms with Crippen LogP contribution in [0.3, 0.4) is 0 Å². The van der Waals surface area contributed by atoms with Gasteiger partial charge in [-0.05, 0) is 29.8 Å². The topological polar surface area (TPSA) is 55.6 Å². The fourth-order valence-corrected chi connectivity index (χ4v) is 2.65. The van der Waals surface area contributed by atoms with Crippen molar-refractivity contribution in [1.29, 1.82) is 0 Å². The molecule has 0 saturated heterocycles. The lowest BCUT2D eigenvalue weighted by atomic mass is 10.1. The molecule has 0 aliphatic carbocycles. The van der Waals surface area contributed by atoms with Crippen LogP contribution in [-0.2, 0) is 6.54 Å². The van der Waals surface area contributed by atoms with E-state index < -0.39 is 0 Å². The molecule has 5 nitrogen and oxygen atoms in total. The molecule has 0 atom stereocenters. The van der Waals surface area contributed by atoms with Crippen LogP contribution in [0.15, 0.2) is 67.5 Å². The molecule has 0 amide bonds. The summed E-state index contributed by atoms with van der Waals surface area (Å²) in [7, 11) is 0. The van der Waals surface area contributed by atoms with Gasteiger partial charge in [-0.3, -0.25) is 4.98 Å². The smallest absolute Gasteiger partial charge is 0.149 e. The molecule has 4 rings (SSSR count). The highest BCUT2D eigenvalue weighted by Gasteiger charge is 2.07. The van der Waals surface area contributed by atoms with Gasteiger partial charge in [0.2, 0.25) is 0 Å². The van der Waals surface area contributed by atoms with Crippen molar-refractivity contribution in [3.63, 3.8) is 0 Å². The first-order chi connectivity index (χ1) is 11.8. The summed E-state index contributed by atoms with van der Waals surface area (Å²) in [6.07, 6.45) is 6.44. The third kappa shape index (κ3) is 2.69. The van der Waals surface area contributed by atoms with E-state index in [9.17, 15) is 4.39 Å². The van der Waals surface area contributed by atoms with E-state index in [2.05, 4.69) is 20.4 Å². The lowest BCUT2D eigenvalue weighted by Gasteiger charge is -2.11. The Labute approximate surface area is 137 Å². The summed E-state index contributed by atoms with van der Waals surface area (Å²) in [4.78, 5) is 7.96. The minimum Gasteiger partial charge on any atom is -0.380 e. The molecule has 0 radical (unpaired) electrons. The summed E-state index contributed by atoms with van der Waals surface area (Å²) in [6.45, 7) is 0.524. The van der Waals surface area contributed by atoms with Crippen molar-refractivity contribution in [1.82, 2.24) is 19.7 Å². The van der Waals surface area contributed by atoms with E-state index in [1.165, 1.54) is 23.4 Å². The zero-order valence-electron chi connectivity index (χ0n) is 12.7. The Balaban J connectivity index is 1.56. The quantitative estimate of drug-likeness (QED) is 0.625. The normalized spacial score (nSPS) is 10.9. The molecule has 118 valence electrons. The predicted octanol–water partition coefficient (Wildman–Crippen LogP) is 3.57. The van der Waals surface area contributed by atoms with Gasteiger partial charge in [0, 0.05) is 35.4 Å². The average Bonchev–Trinajstić information content (AvgIpc) is 3.14. The monoisotopic (exact) mass is 319 g/mol. The Morgan fingerprint density at radius 2 is 2.04 bits per heavy atom. The summed E-state index contributed by atoms with van der Waals surface area (Å²) in [6, 6.07) is 13.0. The van der Waals surface area contributed by atoms with Crippen LogP contribution in [0.25, 0.3) is 16.5 Å². The van der Waals surface area contributed by atoms with Gasteiger partial charge in [-0.15, -0.1) is 0 Å². The first kappa shape index (κ1) is 14.3. The molecule has 0 unspecified atom stereocenters. The number of fused-ring (bicyclic) bond motifs is 1. The summed E-state index contributed by atoms with van der Waals surface area (Å²) >= 11 is 0. The van der Waals surface area contributed by atoms with Gasteiger partial charge < -0.3 is 5.32 Å². The fourth-order valence-electron chi connectivity index (χ4n) is 2.65. The van der Waals surface area contributed by atoms with Gasteiger partial charge in [0.1, 0.15) is 24.2 Å². The van der Waals surface area contributed by atoms with Gasteiger partial charge in [-0.1, -0.05) is 18.2 Å². The van der Waals surface area contributed by atoms with E-state index in [0.29, 0.717) is 12.2 Å². The van der Waals surface area contributed by atoms with Crippen LogP contribution in [0.2, 0.25) is 0 Å².